The Morgan fingerprint density at radius 2 is 1.92 bits per heavy atom. The molecule has 0 saturated carbocycles. The maximum Gasteiger partial charge on any atom is 0.189 e. The maximum absolute atomic E-state index is 11.2. The van der Waals surface area contributed by atoms with Crippen LogP contribution in [-0.2, 0) is 0 Å². The summed E-state index contributed by atoms with van der Waals surface area (Å²) in [5.74, 6) is -0.139. The molecule has 1 aromatic carbocycles. The molecule has 0 fully saturated rings. The van der Waals surface area contributed by atoms with Gasteiger partial charge in [-0.3, -0.25) is 4.79 Å². The zero-order valence-corrected chi connectivity index (χ0v) is 6.82. The molecule has 1 rings (SSSR count). The van der Waals surface area contributed by atoms with Gasteiger partial charge in [-0.2, -0.15) is 0 Å². The van der Waals surface area contributed by atoms with E-state index in [-0.39, 0.29) is 11.5 Å². The molecule has 0 atom stereocenters. The molecule has 62 valence electrons. The van der Waals surface area contributed by atoms with Crippen molar-refractivity contribution in [1.29, 1.82) is 0 Å². The summed E-state index contributed by atoms with van der Waals surface area (Å²) in [4.78, 5) is 11.2. The Hall–Kier alpha value is -1.57. The fraction of sp³-hybridized carbons (Fsp3) is 0.100. The lowest BCUT2D eigenvalue weighted by Crippen LogP contribution is -1.94. The molecule has 0 unspecified atom stereocenters. The van der Waals surface area contributed by atoms with Crippen molar-refractivity contribution in [1.82, 2.24) is 0 Å². The predicted octanol–water partition coefficient (Wildman–Crippen LogP) is 2.33. The molecule has 0 aliphatic rings. The number of carbonyl (C=O) groups excluding carboxylic acids is 1. The van der Waals surface area contributed by atoms with Gasteiger partial charge in [0, 0.05) is 11.6 Å². The molecule has 1 aromatic rings. The largest absolute Gasteiger partial charge is 0.512 e. The number of rotatable bonds is 2. The molecule has 1 N–H and O–H groups in total. The molecular weight excluding hydrogens is 152 g/mol. The van der Waals surface area contributed by atoms with Gasteiger partial charge >= 0.3 is 0 Å². The highest BCUT2D eigenvalue weighted by molar-refractivity contribution is 6.04. The molecule has 12 heavy (non-hydrogen) atoms. The van der Waals surface area contributed by atoms with Crippen LogP contribution in [0.2, 0.25) is 0 Å². The zero-order valence-electron chi connectivity index (χ0n) is 6.82. The third-order valence-electron chi connectivity index (χ3n) is 1.40. The summed E-state index contributed by atoms with van der Waals surface area (Å²) in [5, 5.41) is 8.82. The van der Waals surface area contributed by atoms with Crippen molar-refractivity contribution in [2.45, 2.75) is 6.92 Å². The Bertz CT molecular complexity index is 295. The molecule has 0 amide bonds. The Kier molecular flexibility index (Phi) is 2.64. The number of allylic oxidation sites excluding steroid dienone is 2. The van der Waals surface area contributed by atoms with Gasteiger partial charge in [-0.1, -0.05) is 30.3 Å². The topological polar surface area (TPSA) is 37.3 Å². The predicted molar refractivity (Wildman–Crippen MR) is 47.2 cm³/mol. The first kappa shape index (κ1) is 8.53. The highest BCUT2D eigenvalue weighted by Crippen LogP contribution is 2.01. The highest BCUT2D eigenvalue weighted by atomic mass is 16.3. The van der Waals surface area contributed by atoms with Gasteiger partial charge in [0.05, 0.1) is 5.76 Å². The average Bonchev–Trinajstić information content (AvgIpc) is 2.05. The Morgan fingerprint density at radius 1 is 1.33 bits per heavy atom. The number of carbonyl (C=O) groups is 1. The third-order valence-corrected chi connectivity index (χ3v) is 1.40. The van der Waals surface area contributed by atoms with Gasteiger partial charge in [0.1, 0.15) is 0 Å². The Balaban J connectivity index is 2.87. The van der Waals surface area contributed by atoms with Crippen LogP contribution >= 0.6 is 0 Å². The van der Waals surface area contributed by atoms with Crippen LogP contribution in [0, 0.1) is 0 Å². The summed E-state index contributed by atoms with van der Waals surface area (Å²) in [7, 11) is 0. The van der Waals surface area contributed by atoms with E-state index in [2.05, 4.69) is 0 Å². The van der Waals surface area contributed by atoms with Crippen LogP contribution in [0.3, 0.4) is 0 Å². The minimum absolute atomic E-state index is 0.0313. The molecule has 0 aliphatic heterocycles. The number of benzene rings is 1. The van der Waals surface area contributed by atoms with E-state index in [0.717, 1.165) is 0 Å². The summed E-state index contributed by atoms with van der Waals surface area (Å²) in [6.45, 7) is 1.47. The SMILES string of the molecule is C/C(O)=C/C(=O)c1ccccc1. The Morgan fingerprint density at radius 3 is 2.42 bits per heavy atom. The van der Waals surface area contributed by atoms with Crippen molar-refractivity contribution < 1.29 is 9.90 Å². The quantitative estimate of drug-likeness (QED) is 0.411. The van der Waals surface area contributed by atoms with E-state index in [4.69, 9.17) is 5.11 Å². The molecule has 2 nitrogen and oxygen atoms in total. The first-order valence-electron chi connectivity index (χ1n) is 3.67. The van der Waals surface area contributed by atoms with Crippen LogP contribution < -0.4 is 0 Å². The lowest BCUT2D eigenvalue weighted by Gasteiger charge is -1.93. The summed E-state index contributed by atoms with van der Waals surface area (Å²) < 4.78 is 0. The van der Waals surface area contributed by atoms with Gasteiger partial charge in [-0.25, -0.2) is 0 Å². The van der Waals surface area contributed by atoms with E-state index in [1.54, 1.807) is 24.3 Å². The summed E-state index contributed by atoms with van der Waals surface area (Å²) in [5.41, 5.74) is 0.589. The van der Waals surface area contributed by atoms with E-state index < -0.39 is 0 Å². The number of aliphatic hydroxyl groups excluding tert-OH is 1. The number of aliphatic hydroxyl groups is 1. The minimum atomic E-state index is -0.171. The van der Waals surface area contributed by atoms with Gasteiger partial charge < -0.3 is 5.11 Å². The average molecular weight is 162 g/mol. The van der Waals surface area contributed by atoms with Crippen LogP contribution in [0.5, 0.6) is 0 Å². The molecule has 0 aromatic heterocycles. The van der Waals surface area contributed by atoms with E-state index in [1.807, 2.05) is 6.07 Å². The van der Waals surface area contributed by atoms with Crippen LogP contribution in [0.25, 0.3) is 0 Å². The fourth-order valence-corrected chi connectivity index (χ4v) is 0.875. The normalized spacial score (nSPS) is 11.2. The van der Waals surface area contributed by atoms with Crippen LogP contribution in [0.15, 0.2) is 42.2 Å². The lowest BCUT2D eigenvalue weighted by atomic mass is 10.1. The standard InChI is InChI=1S/C10H10O2/c1-8(11)7-10(12)9-5-3-2-4-6-9/h2-7,11H,1H3/b8-7-. The van der Waals surface area contributed by atoms with E-state index in [1.165, 1.54) is 13.0 Å². The first-order chi connectivity index (χ1) is 5.70. The molecule has 0 saturated heterocycles. The second-order valence-corrected chi connectivity index (χ2v) is 2.52. The first-order valence-corrected chi connectivity index (χ1v) is 3.67. The molecule has 0 bridgehead atoms. The smallest absolute Gasteiger partial charge is 0.189 e. The summed E-state index contributed by atoms with van der Waals surface area (Å²) in [6, 6.07) is 8.83. The van der Waals surface area contributed by atoms with Crippen molar-refractivity contribution >= 4 is 5.78 Å². The van der Waals surface area contributed by atoms with Crippen molar-refractivity contribution in [3.8, 4) is 0 Å². The molecular formula is C10H10O2. The van der Waals surface area contributed by atoms with E-state index in [0.29, 0.717) is 5.56 Å². The second kappa shape index (κ2) is 3.72. The molecule has 0 spiro atoms. The van der Waals surface area contributed by atoms with Crippen molar-refractivity contribution in [3.63, 3.8) is 0 Å². The monoisotopic (exact) mass is 162 g/mol. The lowest BCUT2D eigenvalue weighted by molar-refractivity contribution is 0.104. The van der Waals surface area contributed by atoms with Crippen LogP contribution in [-0.4, -0.2) is 10.9 Å². The van der Waals surface area contributed by atoms with Gasteiger partial charge in [-0.05, 0) is 6.92 Å². The third kappa shape index (κ3) is 2.23. The van der Waals surface area contributed by atoms with Gasteiger partial charge in [0.2, 0.25) is 0 Å². The summed E-state index contributed by atoms with van der Waals surface area (Å²) >= 11 is 0. The van der Waals surface area contributed by atoms with Crippen LogP contribution in [0.4, 0.5) is 0 Å². The van der Waals surface area contributed by atoms with Gasteiger partial charge in [0.25, 0.3) is 0 Å². The number of hydrogen-bond acceptors (Lipinski definition) is 2. The van der Waals surface area contributed by atoms with Crippen LogP contribution in [0.1, 0.15) is 17.3 Å². The van der Waals surface area contributed by atoms with E-state index >= 15 is 0 Å². The van der Waals surface area contributed by atoms with Crippen molar-refractivity contribution in [3.05, 3.63) is 47.7 Å². The second-order valence-electron chi connectivity index (χ2n) is 2.52. The van der Waals surface area contributed by atoms with Crippen molar-refractivity contribution in [2.75, 3.05) is 0 Å². The van der Waals surface area contributed by atoms with Gasteiger partial charge in [0.15, 0.2) is 5.78 Å². The molecule has 2 heteroatoms. The minimum Gasteiger partial charge on any atom is -0.512 e. The number of ketones is 1. The van der Waals surface area contributed by atoms with Crippen molar-refractivity contribution in [2.24, 2.45) is 0 Å². The fourth-order valence-electron chi connectivity index (χ4n) is 0.875. The summed E-state index contributed by atoms with van der Waals surface area (Å²) in [6.07, 6.45) is 1.20. The van der Waals surface area contributed by atoms with Gasteiger partial charge in [-0.15, -0.1) is 0 Å². The molecule has 0 radical (unpaired) electrons. The zero-order chi connectivity index (χ0) is 8.97. The Labute approximate surface area is 71.2 Å². The molecule has 0 aliphatic carbocycles. The number of hydrogen-bond donors (Lipinski definition) is 1. The highest BCUT2D eigenvalue weighted by Gasteiger charge is 1.99. The molecule has 0 heterocycles. The maximum atomic E-state index is 11.2. The van der Waals surface area contributed by atoms with E-state index in [9.17, 15) is 4.79 Å².